The molecule has 0 radical (unpaired) electrons. The van der Waals surface area contributed by atoms with Gasteiger partial charge in [0.2, 0.25) is 0 Å². The highest BCUT2D eigenvalue weighted by Crippen LogP contribution is 2.28. The molecule has 2 unspecified atom stereocenters. The van der Waals surface area contributed by atoms with Crippen molar-refractivity contribution in [3.8, 4) is 0 Å². The molecule has 0 amide bonds. The average molecular weight is 252 g/mol. The number of hydrogen-bond acceptors (Lipinski definition) is 3. The Morgan fingerprint density at radius 2 is 2.35 bits per heavy atom. The fourth-order valence-corrected chi connectivity index (χ4v) is 4.18. The molecule has 0 spiro atoms. The molecule has 0 saturated carbocycles. The first kappa shape index (κ1) is 11.6. The number of aliphatic hydroxyl groups excluding tert-OH is 1. The van der Waals surface area contributed by atoms with Gasteiger partial charge in [-0.05, 0) is 36.7 Å². The van der Waals surface area contributed by atoms with Crippen molar-refractivity contribution in [3.63, 3.8) is 0 Å². The summed E-state index contributed by atoms with van der Waals surface area (Å²) in [6, 6.07) is 0. The highest BCUT2D eigenvalue weighted by molar-refractivity contribution is 7.99. The predicted octanol–water partition coefficient (Wildman–Crippen LogP) is 1.73. The molecule has 1 fully saturated rings. The number of aryl methyl sites for hydroxylation is 1. The molecule has 3 heterocycles. The van der Waals surface area contributed by atoms with Crippen LogP contribution in [0.3, 0.4) is 0 Å². The van der Waals surface area contributed by atoms with E-state index >= 15 is 0 Å². The first-order valence-corrected chi connectivity index (χ1v) is 7.74. The van der Waals surface area contributed by atoms with Crippen LogP contribution in [0.25, 0.3) is 0 Å². The van der Waals surface area contributed by atoms with Crippen LogP contribution in [0.4, 0.5) is 0 Å². The Morgan fingerprint density at radius 1 is 1.41 bits per heavy atom. The minimum atomic E-state index is 0.316. The van der Waals surface area contributed by atoms with Crippen LogP contribution in [0.2, 0.25) is 0 Å². The van der Waals surface area contributed by atoms with Gasteiger partial charge in [0.1, 0.15) is 5.82 Å². The standard InChI is InChI=1S/C13H20N2OS/c16-8-11-1-2-12-6-14-13(15(12)7-11)5-10-3-4-17-9-10/h6,10-11,16H,1-5,7-9H2. The van der Waals surface area contributed by atoms with E-state index in [-0.39, 0.29) is 0 Å². The topological polar surface area (TPSA) is 38.1 Å². The molecule has 1 aromatic rings. The van der Waals surface area contributed by atoms with E-state index in [1.165, 1.54) is 29.4 Å². The Bertz CT molecular complexity index is 385. The van der Waals surface area contributed by atoms with Gasteiger partial charge < -0.3 is 9.67 Å². The fraction of sp³-hybridized carbons (Fsp3) is 0.769. The van der Waals surface area contributed by atoms with Gasteiger partial charge in [-0.25, -0.2) is 4.98 Å². The summed E-state index contributed by atoms with van der Waals surface area (Å²) >= 11 is 2.07. The number of imidazole rings is 1. The number of hydrogen-bond donors (Lipinski definition) is 1. The van der Waals surface area contributed by atoms with Crippen LogP contribution in [-0.2, 0) is 19.4 Å². The number of rotatable bonds is 3. The van der Waals surface area contributed by atoms with Crippen molar-refractivity contribution >= 4 is 11.8 Å². The zero-order valence-electron chi connectivity index (χ0n) is 10.1. The van der Waals surface area contributed by atoms with Crippen molar-refractivity contribution in [2.75, 3.05) is 18.1 Å². The normalized spacial score (nSPS) is 28.3. The van der Waals surface area contributed by atoms with Crippen LogP contribution >= 0.6 is 11.8 Å². The molecule has 4 heteroatoms. The molecule has 3 rings (SSSR count). The Kier molecular flexibility index (Phi) is 3.43. The van der Waals surface area contributed by atoms with Gasteiger partial charge in [-0.2, -0.15) is 11.8 Å². The van der Waals surface area contributed by atoms with Gasteiger partial charge >= 0.3 is 0 Å². The summed E-state index contributed by atoms with van der Waals surface area (Å²) in [7, 11) is 0. The van der Waals surface area contributed by atoms with Crippen molar-refractivity contribution in [1.29, 1.82) is 0 Å². The maximum atomic E-state index is 9.29. The van der Waals surface area contributed by atoms with Crippen LogP contribution in [0, 0.1) is 11.8 Å². The second-order valence-electron chi connectivity index (χ2n) is 5.30. The highest BCUT2D eigenvalue weighted by Gasteiger charge is 2.23. The van der Waals surface area contributed by atoms with E-state index in [9.17, 15) is 5.11 Å². The molecule has 94 valence electrons. The van der Waals surface area contributed by atoms with Gasteiger partial charge in [-0.1, -0.05) is 0 Å². The summed E-state index contributed by atoms with van der Waals surface area (Å²) < 4.78 is 2.37. The minimum Gasteiger partial charge on any atom is -0.396 e. The quantitative estimate of drug-likeness (QED) is 0.890. The zero-order chi connectivity index (χ0) is 11.7. The average Bonchev–Trinajstić information content (AvgIpc) is 2.99. The predicted molar refractivity (Wildman–Crippen MR) is 70.3 cm³/mol. The van der Waals surface area contributed by atoms with E-state index in [1.807, 2.05) is 6.20 Å². The van der Waals surface area contributed by atoms with Crippen LogP contribution in [0.5, 0.6) is 0 Å². The first-order chi connectivity index (χ1) is 8.36. The number of aliphatic hydroxyl groups is 1. The van der Waals surface area contributed by atoms with Crippen molar-refractivity contribution in [1.82, 2.24) is 9.55 Å². The number of aromatic nitrogens is 2. The lowest BCUT2D eigenvalue weighted by Crippen LogP contribution is -2.24. The maximum absolute atomic E-state index is 9.29. The van der Waals surface area contributed by atoms with Crippen LogP contribution < -0.4 is 0 Å². The van der Waals surface area contributed by atoms with Gasteiger partial charge in [0.25, 0.3) is 0 Å². The second kappa shape index (κ2) is 5.02. The summed E-state index contributed by atoms with van der Waals surface area (Å²) in [6.07, 6.45) is 6.71. The van der Waals surface area contributed by atoms with E-state index in [1.54, 1.807) is 0 Å². The van der Waals surface area contributed by atoms with Gasteiger partial charge in [0, 0.05) is 37.4 Å². The molecule has 2 aliphatic heterocycles. The zero-order valence-corrected chi connectivity index (χ0v) is 11.0. The van der Waals surface area contributed by atoms with E-state index in [0.29, 0.717) is 12.5 Å². The third kappa shape index (κ3) is 2.38. The molecule has 1 N–H and O–H groups in total. The summed E-state index contributed by atoms with van der Waals surface area (Å²) in [5.41, 5.74) is 1.37. The molecule has 2 aliphatic rings. The fourth-order valence-electron chi connectivity index (χ4n) is 2.89. The van der Waals surface area contributed by atoms with Crippen molar-refractivity contribution in [2.24, 2.45) is 11.8 Å². The first-order valence-electron chi connectivity index (χ1n) is 6.58. The Labute approximate surface area is 107 Å². The van der Waals surface area contributed by atoms with E-state index in [4.69, 9.17) is 0 Å². The van der Waals surface area contributed by atoms with Gasteiger partial charge in [-0.15, -0.1) is 0 Å². The second-order valence-corrected chi connectivity index (χ2v) is 6.45. The Morgan fingerprint density at radius 3 is 3.12 bits per heavy atom. The summed E-state index contributed by atoms with van der Waals surface area (Å²) in [4.78, 5) is 4.60. The van der Waals surface area contributed by atoms with Crippen LogP contribution in [0.15, 0.2) is 6.20 Å². The third-order valence-corrected chi connectivity index (χ3v) is 5.26. The lowest BCUT2D eigenvalue weighted by Gasteiger charge is -2.24. The SMILES string of the molecule is OCC1CCc2cnc(CC3CCSC3)n2C1. The van der Waals surface area contributed by atoms with E-state index < -0.39 is 0 Å². The number of nitrogens with zero attached hydrogens (tertiary/aromatic N) is 2. The molecule has 2 atom stereocenters. The lowest BCUT2D eigenvalue weighted by atomic mass is 9.98. The summed E-state index contributed by atoms with van der Waals surface area (Å²) in [5.74, 6) is 5.13. The molecular weight excluding hydrogens is 232 g/mol. The molecule has 17 heavy (non-hydrogen) atoms. The Balaban J connectivity index is 1.74. The van der Waals surface area contributed by atoms with Gasteiger partial charge in [-0.3, -0.25) is 0 Å². The molecule has 0 aliphatic carbocycles. The Hall–Kier alpha value is -0.480. The van der Waals surface area contributed by atoms with Crippen molar-refractivity contribution in [2.45, 2.75) is 32.2 Å². The number of fused-ring (bicyclic) bond motifs is 1. The minimum absolute atomic E-state index is 0.316. The molecule has 0 aromatic carbocycles. The number of thioether (sulfide) groups is 1. The van der Waals surface area contributed by atoms with Crippen molar-refractivity contribution < 1.29 is 5.11 Å². The lowest BCUT2D eigenvalue weighted by molar-refractivity contribution is 0.190. The van der Waals surface area contributed by atoms with E-state index in [0.717, 1.165) is 31.7 Å². The molecule has 0 bridgehead atoms. The smallest absolute Gasteiger partial charge is 0.109 e. The highest BCUT2D eigenvalue weighted by atomic mass is 32.2. The largest absolute Gasteiger partial charge is 0.396 e. The van der Waals surface area contributed by atoms with Crippen LogP contribution in [-0.4, -0.2) is 32.8 Å². The van der Waals surface area contributed by atoms with Gasteiger partial charge in [0.05, 0.1) is 0 Å². The van der Waals surface area contributed by atoms with E-state index in [2.05, 4.69) is 21.3 Å². The summed E-state index contributed by atoms with van der Waals surface area (Å²) in [6.45, 7) is 1.29. The van der Waals surface area contributed by atoms with Crippen molar-refractivity contribution in [3.05, 3.63) is 17.7 Å². The molecule has 3 nitrogen and oxygen atoms in total. The van der Waals surface area contributed by atoms with Crippen LogP contribution in [0.1, 0.15) is 24.4 Å². The maximum Gasteiger partial charge on any atom is 0.109 e. The molecule has 1 aromatic heterocycles. The molecule has 1 saturated heterocycles. The monoisotopic (exact) mass is 252 g/mol. The summed E-state index contributed by atoms with van der Waals surface area (Å²) in [5, 5.41) is 9.29. The third-order valence-electron chi connectivity index (χ3n) is 4.02. The van der Waals surface area contributed by atoms with Gasteiger partial charge in [0.15, 0.2) is 0 Å². The molecular formula is C13H20N2OS.